The predicted molar refractivity (Wildman–Crippen MR) is 111 cm³/mol. The maximum Gasteiger partial charge on any atom is 0.260 e. The Labute approximate surface area is 173 Å². The number of ether oxygens (including phenoxy) is 3. The number of unbranched alkanes of at least 4 members (excludes halogenated alkanes) is 1. The average Bonchev–Trinajstić information content (AvgIpc) is 3.57. The Morgan fingerprint density at radius 2 is 1.86 bits per heavy atom. The molecule has 0 spiro atoms. The van der Waals surface area contributed by atoms with Crippen LogP contribution in [0.3, 0.4) is 0 Å². The van der Waals surface area contributed by atoms with Crippen molar-refractivity contribution in [3.8, 4) is 11.5 Å². The quantitative estimate of drug-likeness (QED) is 0.453. The fraction of sp³-hybridized carbons (Fsp3) is 0.636. The monoisotopic (exact) mass is 406 g/mol. The van der Waals surface area contributed by atoms with Crippen molar-refractivity contribution in [2.45, 2.75) is 51.5 Å². The third kappa shape index (κ3) is 8.73. The highest BCUT2D eigenvalue weighted by Crippen LogP contribution is 2.28. The Hall–Kier alpha value is -2.28. The summed E-state index contributed by atoms with van der Waals surface area (Å²) in [4.78, 5) is 26.4. The van der Waals surface area contributed by atoms with Crippen LogP contribution in [0.25, 0.3) is 0 Å². The van der Waals surface area contributed by atoms with E-state index in [0.29, 0.717) is 37.6 Å². The highest BCUT2D eigenvalue weighted by Gasteiger charge is 2.32. The summed E-state index contributed by atoms with van der Waals surface area (Å²) >= 11 is 0. The number of carbonyl (C=O) groups excluding carboxylic acids is 2. The van der Waals surface area contributed by atoms with Gasteiger partial charge in [0.15, 0.2) is 18.1 Å². The third-order valence-corrected chi connectivity index (χ3v) is 4.74. The van der Waals surface area contributed by atoms with E-state index in [1.165, 1.54) is 0 Å². The highest BCUT2D eigenvalue weighted by molar-refractivity contribution is 5.80. The number of benzene rings is 1. The highest BCUT2D eigenvalue weighted by atomic mass is 16.5. The molecule has 7 heteroatoms. The largest absolute Gasteiger partial charge is 0.493 e. The number of carbonyl (C=O) groups is 2. The molecule has 0 aromatic heterocycles. The Kier molecular flexibility index (Phi) is 10.3. The minimum Gasteiger partial charge on any atom is -0.493 e. The molecule has 0 aliphatic heterocycles. The number of nitrogens with zero attached hydrogens (tertiary/aromatic N) is 1. The van der Waals surface area contributed by atoms with Gasteiger partial charge in [0.1, 0.15) is 0 Å². The van der Waals surface area contributed by atoms with Crippen LogP contribution in [0.2, 0.25) is 0 Å². The maximum atomic E-state index is 12.6. The van der Waals surface area contributed by atoms with Crippen LogP contribution in [-0.2, 0) is 14.3 Å². The molecule has 1 aromatic carbocycles. The topological polar surface area (TPSA) is 77.1 Å². The van der Waals surface area contributed by atoms with Crippen molar-refractivity contribution >= 4 is 11.8 Å². The lowest BCUT2D eigenvalue weighted by Gasteiger charge is -2.22. The van der Waals surface area contributed by atoms with Crippen molar-refractivity contribution in [3.63, 3.8) is 0 Å². The van der Waals surface area contributed by atoms with Crippen LogP contribution in [0.1, 0.15) is 45.4 Å². The number of methoxy groups -OCH3 is 1. The number of hydrogen-bond donors (Lipinski definition) is 1. The van der Waals surface area contributed by atoms with Gasteiger partial charge in [-0.05, 0) is 37.8 Å². The van der Waals surface area contributed by atoms with Crippen molar-refractivity contribution in [2.75, 3.05) is 40.0 Å². The van der Waals surface area contributed by atoms with E-state index in [-0.39, 0.29) is 24.5 Å². The summed E-state index contributed by atoms with van der Waals surface area (Å²) in [6.45, 7) is 4.52. The number of hydrogen-bond acceptors (Lipinski definition) is 5. The first-order valence-corrected chi connectivity index (χ1v) is 10.6. The van der Waals surface area contributed by atoms with Crippen LogP contribution in [0, 0.1) is 0 Å². The van der Waals surface area contributed by atoms with E-state index in [1.807, 2.05) is 12.1 Å². The molecular weight excluding hydrogens is 372 g/mol. The van der Waals surface area contributed by atoms with E-state index in [9.17, 15) is 9.59 Å². The van der Waals surface area contributed by atoms with Crippen LogP contribution in [0.4, 0.5) is 0 Å². The van der Waals surface area contributed by atoms with Gasteiger partial charge in [-0.3, -0.25) is 9.59 Å². The van der Waals surface area contributed by atoms with Gasteiger partial charge in [-0.2, -0.15) is 0 Å². The molecule has 1 saturated carbocycles. The van der Waals surface area contributed by atoms with Gasteiger partial charge in [0.25, 0.3) is 5.91 Å². The van der Waals surface area contributed by atoms with Crippen molar-refractivity contribution in [1.29, 1.82) is 0 Å². The summed E-state index contributed by atoms with van der Waals surface area (Å²) in [5.74, 6) is 0.993. The molecule has 29 heavy (non-hydrogen) atoms. The second-order valence-electron chi connectivity index (χ2n) is 7.18. The lowest BCUT2D eigenvalue weighted by atomic mass is 10.3. The molecule has 1 aliphatic carbocycles. The molecule has 0 saturated heterocycles. The Morgan fingerprint density at radius 3 is 2.55 bits per heavy atom. The van der Waals surface area contributed by atoms with Crippen molar-refractivity contribution in [2.24, 2.45) is 0 Å². The molecule has 7 nitrogen and oxygen atoms in total. The number of nitrogens with one attached hydrogen (secondary N) is 1. The lowest BCUT2D eigenvalue weighted by molar-refractivity contribution is -0.134. The van der Waals surface area contributed by atoms with Gasteiger partial charge >= 0.3 is 0 Å². The lowest BCUT2D eigenvalue weighted by Crippen LogP contribution is -2.39. The van der Waals surface area contributed by atoms with Gasteiger partial charge in [-0.25, -0.2) is 0 Å². The van der Waals surface area contributed by atoms with E-state index in [1.54, 1.807) is 24.1 Å². The summed E-state index contributed by atoms with van der Waals surface area (Å²) in [5.41, 5.74) is 0. The van der Waals surface area contributed by atoms with Gasteiger partial charge in [0.2, 0.25) is 5.91 Å². The first-order valence-electron chi connectivity index (χ1n) is 10.6. The zero-order valence-electron chi connectivity index (χ0n) is 17.7. The maximum absolute atomic E-state index is 12.6. The van der Waals surface area contributed by atoms with E-state index in [2.05, 4.69) is 12.2 Å². The Balaban J connectivity index is 1.67. The minimum atomic E-state index is -0.101. The first-order chi connectivity index (χ1) is 14.2. The first kappa shape index (κ1) is 23.0. The molecule has 162 valence electrons. The zero-order chi connectivity index (χ0) is 20.9. The third-order valence-electron chi connectivity index (χ3n) is 4.74. The van der Waals surface area contributed by atoms with Gasteiger partial charge in [0.05, 0.1) is 7.11 Å². The van der Waals surface area contributed by atoms with Crippen LogP contribution < -0.4 is 14.8 Å². The Bertz CT molecular complexity index is 633. The molecule has 1 N–H and O–H groups in total. The molecule has 2 amide bonds. The van der Waals surface area contributed by atoms with Crippen LogP contribution >= 0.6 is 0 Å². The molecule has 0 bridgehead atoms. The van der Waals surface area contributed by atoms with Gasteiger partial charge in [0, 0.05) is 38.8 Å². The van der Waals surface area contributed by atoms with Crippen LogP contribution in [0.15, 0.2) is 24.3 Å². The summed E-state index contributed by atoms with van der Waals surface area (Å²) in [5, 5.41) is 2.90. The number of rotatable bonds is 15. The van der Waals surface area contributed by atoms with Gasteiger partial charge in [-0.1, -0.05) is 25.5 Å². The summed E-state index contributed by atoms with van der Waals surface area (Å²) in [6.07, 6.45) is 5.25. The molecule has 0 atom stereocenters. The predicted octanol–water partition coefficient (Wildman–Crippen LogP) is 2.78. The molecule has 1 fully saturated rings. The molecule has 0 heterocycles. The van der Waals surface area contributed by atoms with Crippen molar-refractivity contribution in [1.82, 2.24) is 10.2 Å². The Morgan fingerprint density at radius 1 is 1.14 bits per heavy atom. The molecular formula is C22H34N2O5. The second kappa shape index (κ2) is 13.0. The van der Waals surface area contributed by atoms with E-state index in [4.69, 9.17) is 14.2 Å². The van der Waals surface area contributed by atoms with Crippen molar-refractivity contribution in [3.05, 3.63) is 24.3 Å². The smallest absolute Gasteiger partial charge is 0.260 e. The number of para-hydroxylation sites is 2. The molecule has 1 aliphatic rings. The fourth-order valence-electron chi connectivity index (χ4n) is 2.92. The van der Waals surface area contributed by atoms with Gasteiger partial charge < -0.3 is 24.4 Å². The fourth-order valence-corrected chi connectivity index (χ4v) is 2.92. The molecule has 1 aromatic rings. The average molecular weight is 407 g/mol. The summed E-state index contributed by atoms with van der Waals surface area (Å²) in [7, 11) is 1.57. The SMILES string of the molecule is CCCCOCCCNC(=O)CCN(C(=O)COc1ccccc1OC)C1CC1. The molecule has 0 unspecified atom stereocenters. The second-order valence-corrected chi connectivity index (χ2v) is 7.18. The summed E-state index contributed by atoms with van der Waals surface area (Å²) in [6, 6.07) is 7.47. The van der Waals surface area contributed by atoms with E-state index in [0.717, 1.165) is 38.7 Å². The standard InChI is InChI=1S/C22H34N2O5/c1-3-4-15-28-16-7-13-23-21(25)12-14-24(18-10-11-18)22(26)17-29-20-9-6-5-8-19(20)27-2/h5-6,8-9,18H,3-4,7,10-17H2,1-2H3,(H,23,25). The van der Waals surface area contributed by atoms with E-state index >= 15 is 0 Å². The zero-order valence-corrected chi connectivity index (χ0v) is 17.7. The minimum absolute atomic E-state index is 0.0392. The van der Waals surface area contributed by atoms with Crippen LogP contribution in [0.5, 0.6) is 11.5 Å². The van der Waals surface area contributed by atoms with E-state index < -0.39 is 0 Å². The number of amides is 2. The molecule has 0 radical (unpaired) electrons. The van der Waals surface area contributed by atoms with Gasteiger partial charge in [-0.15, -0.1) is 0 Å². The normalized spacial score (nSPS) is 13.0. The van der Waals surface area contributed by atoms with Crippen LogP contribution in [-0.4, -0.2) is 62.8 Å². The van der Waals surface area contributed by atoms with Crippen molar-refractivity contribution < 1.29 is 23.8 Å². The molecule has 2 rings (SSSR count). The summed E-state index contributed by atoms with van der Waals surface area (Å²) < 4.78 is 16.4.